The van der Waals surface area contributed by atoms with Crippen molar-refractivity contribution in [1.29, 1.82) is 0 Å². The third-order valence-electron chi connectivity index (χ3n) is 4.00. The molecule has 3 N–H and O–H groups in total. The lowest BCUT2D eigenvalue weighted by molar-refractivity contribution is -0.137. The first-order valence-electron chi connectivity index (χ1n) is 8.13. The van der Waals surface area contributed by atoms with Gasteiger partial charge in [-0.15, -0.1) is 24.0 Å². The van der Waals surface area contributed by atoms with Crippen molar-refractivity contribution in [3.8, 4) is 0 Å². The highest BCUT2D eigenvalue weighted by molar-refractivity contribution is 14.0. The Morgan fingerprint density at radius 3 is 2.30 bits per heavy atom. The molecule has 0 bridgehead atoms. The molecule has 0 saturated carbocycles. The van der Waals surface area contributed by atoms with Gasteiger partial charge in [-0.1, -0.05) is 30.3 Å². The van der Waals surface area contributed by atoms with Gasteiger partial charge in [-0.3, -0.25) is 4.99 Å². The van der Waals surface area contributed by atoms with Gasteiger partial charge in [0.25, 0.3) is 0 Å². The van der Waals surface area contributed by atoms with Crippen LogP contribution in [0.25, 0.3) is 10.9 Å². The second-order valence-electron chi connectivity index (χ2n) is 5.86. The first kappa shape index (κ1) is 21.1. The van der Waals surface area contributed by atoms with Gasteiger partial charge in [-0.05, 0) is 35.2 Å². The zero-order valence-electron chi connectivity index (χ0n) is 14.6. The SMILES string of the molecule is CN=C(NCc1ccc(C(F)(F)F)cc1)NCc1cc2ccccc2[nH]1.I. The van der Waals surface area contributed by atoms with Gasteiger partial charge in [0.2, 0.25) is 0 Å². The number of alkyl halides is 3. The number of aromatic amines is 1. The molecule has 0 atom stereocenters. The summed E-state index contributed by atoms with van der Waals surface area (Å²) in [6.07, 6.45) is -4.32. The minimum absolute atomic E-state index is 0. The van der Waals surface area contributed by atoms with E-state index in [0.29, 0.717) is 19.0 Å². The van der Waals surface area contributed by atoms with Crippen molar-refractivity contribution in [3.05, 3.63) is 71.4 Å². The number of benzene rings is 2. The van der Waals surface area contributed by atoms with E-state index < -0.39 is 11.7 Å². The van der Waals surface area contributed by atoms with E-state index >= 15 is 0 Å². The van der Waals surface area contributed by atoms with E-state index in [9.17, 15) is 13.2 Å². The number of halogens is 4. The molecule has 3 rings (SSSR count). The van der Waals surface area contributed by atoms with Gasteiger partial charge in [0.15, 0.2) is 5.96 Å². The molecule has 0 fully saturated rings. The molecule has 0 saturated heterocycles. The van der Waals surface area contributed by atoms with Crippen LogP contribution in [0.5, 0.6) is 0 Å². The third kappa shape index (κ3) is 5.62. The number of hydrogen-bond acceptors (Lipinski definition) is 1. The van der Waals surface area contributed by atoms with Gasteiger partial charge in [-0.25, -0.2) is 0 Å². The number of para-hydroxylation sites is 1. The predicted molar refractivity (Wildman–Crippen MR) is 112 cm³/mol. The smallest absolute Gasteiger partial charge is 0.357 e. The molecule has 2 aromatic carbocycles. The molecule has 1 aromatic heterocycles. The van der Waals surface area contributed by atoms with E-state index in [0.717, 1.165) is 34.3 Å². The Bertz CT molecular complexity index is 868. The van der Waals surface area contributed by atoms with Crippen LogP contribution in [0, 0.1) is 0 Å². The van der Waals surface area contributed by atoms with Crippen LogP contribution < -0.4 is 10.6 Å². The first-order chi connectivity index (χ1) is 12.5. The number of aromatic nitrogens is 1. The standard InChI is InChI=1S/C19H19F3N4.HI/c1-23-18(24-11-13-6-8-15(9-7-13)19(20,21)22)25-12-16-10-14-4-2-3-5-17(14)26-16;/h2-10,26H,11-12H2,1H3,(H2,23,24,25);1H. The maximum atomic E-state index is 12.6. The molecule has 0 aliphatic rings. The minimum atomic E-state index is -4.32. The molecule has 8 heteroatoms. The Morgan fingerprint density at radius 1 is 1.00 bits per heavy atom. The van der Waals surface area contributed by atoms with Crippen molar-refractivity contribution in [2.24, 2.45) is 4.99 Å². The summed E-state index contributed by atoms with van der Waals surface area (Å²) in [5.74, 6) is 0.573. The number of nitrogens with zero attached hydrogens (tertiary/aromatic N) is 1. The van der Waals surface area contributed by atoms with Gasteiger partial charge in [0.1, 0.15) is 0 Å². The molecule has 1 heterocycles. The van der Waals surface area contributed by atoms with Crippen molar-refractivity contribution in [2.45, 2.75) is 19.3 Å². The molecular formula is C19H20F3IN4. The quantitative estimate of drug-likeness (QED) is 0.284. The second kappa shape index (κ2) is 9.12. The normalized spacial score (nSPS) is 11.9. The minimum Gasteiger partial charge on any atom is -0.357 e. The monoisotopic (exact) mass is 488 g/mol. The first-order valence-corrected chi connectivity index (χ1v) is 8.13. The van der Waals surface area contributed by atoms with Crippen LogP contribution >= 0.6 is 24.0 Å². The van der Waals surface area contributed by atoms with Gasteiger partial charge in [0.05, 0.1) is 12.1 Å². The number of nitrogens with one attached hydrogen (secondary N) is 3. The highest BCUT2D eigenvalue weighted by Crippen LogP contribution is 2.29. The Labute approximate surface area is 172 Å². The number of rotatable bonds is 4. The Balaban J connectivity index is 0.00000261. The van der Waals surface area contributed by atoms with Crippen molar-refractivity contribution in [2.75, 3.05) is 7.05 Å². The average Bonchev–Trinajstić information content (AvgIpc) is 3.04. The fourth-order valence-corrected chi connectivity index (χ4v) is 2.63. The van der Waals surface area contributed by atoms with Gasteiger partial charge in [-0.2, -0.15) is 13.2 Å². The lowest BCUT2D eigenvalue weighted by Gasteiger charge is -2.12. The largest absolute Gasteiger partial charge is 0.416 e. The van der Waals surface area contributed by atoms with Crippen LogP contribution in [0.4, 0.5) is 13.2 Å². The van der Waals surface area contributed by atoms with Gasteiger partial charge >= 0.3 is 6.18 Å². The Hall–Kier alpha value is -2.23. The summed E-state index contributed by atoms with van der Waals surface area (Å²) in [6, 6.07) is 15.1. The van der Waals surface area contributed by atoms with Crippen LogP contribution in [0.2, 0.25) is 0 Å². The topological polar surface area (TPSA) is 52.2 Å². The van der Waals surface area contributed by atoms with Crippen LogP contribution in [0.3, 0.4) is 0 Å². The molecule has 27 heavy (non-hydrogen) atoms. The second-order valence-corrected chi connectivity index (χ2v) is 5.86. The summed E-state index contributed by atoms with van der Waals surface area (Å²) < 4.78 is 37.7. The average molecular weight is 488 g/mol. The summed E-state index contributed by atoms with van der Waals surface area (Å²) >= 11 is 0. The fraction of sp³-hybridized carbons (Fsp3) is 0.211. The maximum absolute atomic E-state index is 12.6. The number of hydrogen-bond donors (Lipinski definition) is 3. The van der Waals surface area contributed by atoms with E-state index in [1.165, 1.54) is 12.1 Å². The Kier molecular flexibility index (Phi) is 7.11. The van der Waals surface area contributed by atoms with Crippen molar-refractivity contribution in [1.82, 2.24) is 15.6 Å². The van der Waals surface area contributed by atoms with Crippen molar-refractivity contribution >= 4 is 40.8 Å². The third-order valence-corrected chi connectivity index (χ3v) is 4.00. The highest BCUT2D eigenvalue weighted by Gasteiger charge is 2.29. The summed E-state index contributed by atoms with van der Waals surface area (Å²) in [7, 11) is 1.65. The van der Waals surface area contributed by atoms with E-state index in [1.807, 2.05) is 24.3 Å². The van der Waals surface area contributed by atoms with Crippen molar-refractivity contribution in [3.63, 3.8) is 0 Å². The molecule has 4 nitrogen and oxygen atoms in total. The molecule has 0 radical (unpaired) electrons. The van der Waals surface area contributed by atoms with Crippen LogP contribution in [-0.4, -0.2) is 18.0 Å². The molecular weight excluding hydrogens is 468 g/mol. The number of guanidine groups is 1. The molecule has 0 aliphatic heterocycles. The molecule has 0 amide bonds. The lowest BCUT2D eigenvalue weighted by atomic mass is 10.1. The summed E-state index contributed by atoms with van der Waals surface area (Å²) in [4.78, 5) is 7.45. The van der Waals surface area contributed by atoms with Gasteiger partial charge in [0, 0.05) is 24.8 Å². The zero-order chi connectivity index (χ0) is 18.6. The van der Waals surface area contributed by atoms with Gasteiger partial charge < -0.3 is 15.6 Å². The van der Waals surface area contributed by atoms with E-state index in [1.54, 1.807) is 7.05 Å². The van der Waals surface area contributed by atoms with E-state index in [-0.39, 0.29) is 24.0 Å². The zero-order valence-corrected chi connectivity index (χ0v) is 16.9. The van der Waals surface area contributed by atoms with E-state index in [2.05, 4.69) is 26.7 Å². The fourth-order valence-electron chi connectivity index (χ4n) is 2.63. The van der Waals surface area contributed by atoms with Crippen LogP contribution in [0.1, 0.15) is 16.8 Å². The lowest BCUT2D eigenvalue weighted by Crippen LogP contribution is -2.36. The molecule has 0 unspecified atom stereocenters. The van der Waals surface area contributed by atoms with E-state index in [4.69, 9.17) is 0 Å². The molecule has 144 valence electrons. The van der Waals surface area contributed by atoms with Crippen LogP contribution in [-0.2, 0) is 19.3 Å². The molecule has 0 aliphatic carbocycles. The summed E-state index contributed by atoms with van der Waals surface area (Å²) in [5.41, 5.74) is 2.18. The number of aliphatic imine (C=N–C) groups is 1. The highest BCUT2D eigenvalue weighted by atomic mass is 127. The molecule has 3 aromatic rings. The summed E-state index contributed by atoms with van der Waals surface area (Å²) in [6.45, 7) is 0.936. The van der Waals surface area contributed by atoms with Crippen LogP contribution in [0.15, 0.2) is 59.6 Å². The predicted octanol–water partition coefficient (Wildman–Crippen LogP) is 4.67. The summed E-state index contributed by atoms with van der Waals surface area (Å²) in [5, 5.41) is 7.41. The molecule has 0 spiro atoms. The van der Waals surface area contributed by atoms with Crippen molar-refractivity contribution < 1.29 is 13.2 Å². The maximum Gasteiger partial charge on any atom is 0.416 e. The number of fused-ring (bicyclic) bond motifs is 1. The number of H-pyrrole nitrogens is 1. The Morgan fingerprint density at radius 2 is 1.67 bits per heavy atom.